The Kier molecular flexibility index (Phi) is 7.27. The van der Waals surface area contributed by atoms with Gasteiger partial charge in [0, 0.05) is 12.6 Å². The van der Waals surface area contributed by atoms with Gasteiger partial charge >= 0.3 is 0 Å². The normalized spacial score (nSPS) is 10.4. The lowest BCUT2D eigenvalue weighted by molar-refractivity contribution is -0.385. The first-order chi connectivity index (χ1) is 12.9. The van der Waals surface area contributed by atoms with Crippen molar-refractivity contribution >= 4 is 34.8 Å². The molecule has 0 radical (unpaired) electrons. The molecule has 2 aromatic carbocycles. The number of nitrogens with zero attached hydrogens (tertiary/aromatic N) is 1. The smallest absolute Gasteiger partial charge is 0.286 e. The van der Waals surface area contributed by atoms with E-state index in [1.54, 1.807) is 25.1 Å². The Labute approximate surface area is 166 Å². The predicted octanol–water partition coefficient (Wildman–Crippen LogP) is 4.28. The van der Waals surface area contributed by atoms with Crippen molar-refractivity contribution < 1.29 is 19.2 Å². The molecule has 1 N–H and O–H groups in total. The number of halogens is 2. The highest BCUT2D eigenvalue weighted by Gasteiger charge is 2.24. The van der Waals surface area contributed by atoms with E-state index >= 15 is 0 Å². The zero-order valence-corrected chi connectivity index (χ0v) is 16.3. The van der Waals surface area contributed by atoms with Crippen LogP contribution in [0.1, 0.15) is 22.8 Å². The molecule has 0 aliphatic carbocycles. The minimum atomic E-state index is -0.638. The minimum absolute atomic E-state index is 0.110. The van der Waals surface area contributed by atoms with Crippen molar-refractivity contribution in [3.05, 3.63) is 61.6 Å². The Bertz CT molecular complexity index is 858. The van der Waals surface area contributed by atoms with Gasteiger partial charge in [0.1, 0.15) is 5.56 Å². The van der Waals surface area contributed by atoms with Crippen LogP contribution in [0.2, 0.25) is 10.0 Å². The molecule has 0 heterocycles. The SMILES string of the molecule is CCOc1cc(C(=O)NCCc2cccc(Cl)c2Cl)c([N+](=O)[O-])cc1OC. The van der Waals surface area contributed by atoms with Crippen LogP contribution < -0.4 is 14.8 Å². The van der Waals surface area contributed by atoms with Crippen molar-refractivity contribution in [2.24, 2.45) is 0 Å². The largest absolute Gasteiger partial charge is 0.493 e. The number of rotatable bonds is 8. The van der Waals surface area contributed by atoms with Crippen molar-refractivity contribution in [1.29, 1.82) is 0 Å². The fourth-order valence-corrected chi connectivity index (χ4v) is 2.87. The first kappa shape index (κ1) is 20.8. The quantitative estimate of drug-likeness (QED) is 0.515. The maximum absolute atomic E-state index is 12.5. The summed E-state index contributed by atoms with van der Waals surface area (Å²) < 4.78 is 10.5. The highest BCUT2D eigenvalue weighted by molar-refractivity contribution is 6.42. The van der Waals surface area contributed by atoms with E-state index in [4.69, 9.17) is 32.7 Å². The summed E-state index contributed by atoms with van der Waals surface area (Å²) in [6, 6.07) is 7.70. The Morgan fingerprint density at radius 2 is 2.00 bits per heavy atom. The average molecular weight is 413 g/mol. The van der Waals surface area contributed by atoms with E-state index in [0.717, 1.165) is 5.56 Å². The fraction of sp³-hybridized carbons (Fsp3) is 0.278. The molecular weight excluding hydrogens is 395 g/mol. The monoisotopic (exact) mass is 412 g/mol. The van der Waals surface area contributed by atoms with Crippen LogP contribution in [0.4, 0.5) is 5.69 Å². The number of ether oxygens (including phenoxy) is 2. The van der Waals surface area contributed by atoms with Crippen LogP contribution in [0, 0.1) is 10.1 Å². The molecule has 9 heteroatoms. The third kappa shape index (κ3) is 5.02. The van der Waals surface area contributed by atoms with Crippen LogP contribution >= 0.6 is 23.2 Å². The molecule has 27 heavy (non-hydrogen) atoms. The second-order valence-electron chi connectivity index (χ2n) is 5.43. The molecular formula is C18H18Cl2N2O5. The lowest BCUT2D eigenvalue weighted by atomic mass is 10.1. The van der Waals surface area contributed by atoms with Crippen LogP contribution in [0.25, 0.3) is 0 Å². The number of methoxy groups -OCH3 is 1. The molecule has 144 valence electrons. The summed E-state index contributed by atoms with van der Waals surface area (Å²) in [6.07, 6.45) is 0.424. The summed E-state index contributed by atoms with van der Waals surface area (Å²) in [7, 11) is 1.37. The van der Waals surface area contributed by atoms with Crippen molar-refractivity contribution in [2.45, 2.75) is 13.3 Å². The summed E-state index contributed by atoms with van der Waals surface area (Å²) in [6.45, 7) is 2.31. The van der Waals surface area contributed by atoms with Crippen LogP contribution in [-0.2, 0) is 6.42 Å². The van der Waals surface area contributed by atoms with Gasteiger partial charge in [-0.05, 0) is 25.0 Å². The van der Waals surface area contributed by atoms with E-state index in [9.17, 15) is 14.9 Å². The van der Waals surface area contributed by atoms with Gasteiger partial charge in [-0.25, -0.2) is 0 Å². The van der Waals surface area contributed by atoms with Gasteiger partial charge in [0.2, 0.25) is 0 Å². The molecule has 0 saturated carbocycles. The van der Waals surface area contributed by atoms with Gasteiger partial charge in [0.15, 0.2) is 11.5 Å². The highest BCUT2D eigenvalue weighted by atomic mass is 35.5. The van der Waals surface area contributed by atoms with E-state index in [0.29, 0.717) is 23.1 Å². The number of benzene rings is 2. The van der Waals surface area contributed by atoms with E-state index < -0.39 is 10.8 Å². The summed E-state index contributed by atoms with van der Waals surface area (Å²) in [5, 5.41) is 14.8. The van der Waals surface area contributed by atoms with Crippen LogP contribution in [0.15, 0.2) is 30.3 Å². The summed E-state index contributed by atoms with van der Waals surface area (Å²) in [5.74, 6) is -0.150. The van der Waals surface area contributed by atoms with Crippen molar-refractivity contribution in [3.63, 3.8) is 0 Å². The van der Waals surface area contributed by atoms with E-state index in [1.165, 1.54) is 19.2 Å². The van der Waals surface area contributed by atoms with Crippen LogP contribution in [-0.4, -0.2) is 31.1 Å². The lowest BCUT2D eigenvalue weighted by Gasteiger charge is -2.12. The molecule has 0 saturated heterocycles. The number of nitro groups is 1. The molecule has 7 nitrogen and oxygen atoms in total. The van der Waals surface area contributed by atoms with Crippen molar-refractivity contribution in [2.75, 3.05) is 20.3 Å². The third-order valence-corrected chi connectivity index (χ3v) is 4.59. The number of nitrogens with one attached hydrogen (secondary N) is 1. The van der Waals surface area contributed by atoms with Gasteiger partial charge in [0.25, 0.3) is 11.6 Å². The first-order valence-electron chi connectivity index (χ1n) is 8.09. The Hall–Kier alpha value is -2.51. The van der Waals surface area contributed by atoms with Gasteiger partial charge in [0.05, 0.1) is 34.8 Å². The van der Waals surface area contributed by atoms with Gasteiger partial charge in [-0.1, -0.05) is 35.3 Å². The summed E-state index contributed by atoms with van der Waals surface area (Å²) in [5.41, 5.74) is 0.290. The third-order valence-electron chi connectivity index (χ3n) is 3.73. The molecule has 0 unspecified atom stereocenters. The number of hydrogen-bond acceptors (Lipinski definition) is 5. The Morgan fingerprint density at radius 3 is 2.63 bits per heavy atom. The van der Waals surface area contributed by atoms with Crippen molar-refractivity contribution in [1.82, 2.24) is 5.32 Å². The average Bonchev–Trinajstić information content (AvgIpc) is 2.64. The van der Waals surface area contributed by atoms with Crippen molar-refractivity contribution in [3.8, 4) is 11.5 Å². The molecule has 0 aliphatic heterocycles. The maximum atomic E-state index is 12.5. The first-order valence-corrected chi connectivity index (χ1v) is 8.84. The van der Waals surface area contributed by atoms with Gasteiger partial charge in [-0.15, -0.1) is 0 Å². The standard InChI is InChI=1S/C18H18Cl2N2O5/c1-3-27-16-9-12(14(22(24)25)10-15(16)26-2)18(23)21-8-7-11-5-4-6-13(19)17(11)20/h4-6,9-10H,3,7-8H2,1-2H3,(H,21,23). The number of carbonyl (C=O) groups is 1. The van der Waals surface area contributed by atoms with Gasteiger partial charge in [-0.3, -0.25) is 14.9 Å². The predicted molar refractivity (Wildman–Crippen MR) is 103 cm³/mol. The van der Waals surface area contributed by atoms with E-state index in [-0.39, 0.29) is 29.3 Å². The molecule has 1 amide bonds. The van der Waals surface area contributed by atoms with Crippen LogP contribution in [0.3, 0.4) is 0 Å². The molecule has 0 spiro atoms. The van der Waals surface area contributed by atoms with Gasteiger partial charge in [-0.2, -0.15) is 0 Å². The molecule has 2 rings (SSSR count). The molecule has 2 aromatic rings. The second-order valence-corrected chi connectivity index (χ2v) is 6.21. The number of carbonyl (C=O) groups excluding carboxylic acids is 1. The van der Waals surface area contributed by atoms with E-state index in [1.807, 2.05) is 0 Å². The van der Waals surface area contributed by atoms with Gasteiger partial charge < -0.3 is 14.8 Å². The lowest BCUT2D eigenvalue weighted by Crippen LogP contribution is -2.26. The minimum Gasteiger partial charge on any atom is -0.493 e. The summed E-state index contributed by atoms with van der Waals surface area (Å²) >= 11 is 12.1. The molecule has 0 fully saturated rings. The number of hydrogen-bond donors (Lipinski definition) is 1. The number of nitro benzene ring substituents is 1. The fourth-order valence-electron chi connectivity index (χ4n) is 2.46. The highest BCUT2D eigenvalue weighted by Crippen LogP contribution is 2.34. The van der Waals surface area contributed by atoms with Crippen LogP contribution in [0.5, 0.6) is 11.5 Å². The molecule has 0 aliphatic rings. The Balaban J connectivity index is 2.20. The molecule has 0 aromatic heterocycles. The maximum Gasteiger partial charge on any atom is 0.286 e. The summed E-state index contributed by atoms with van der Waals surface area (Å²) in [4.78, 5) is 23.2. The molecule has 0 bridgehead atoms. The zero-order valence-electron chi connectivity index (χ0n) is 14.8. The molecule has 0 atom stereocenters. The zero-order chi connectivity index (χ0) is 20.0. The topological polar surface area (TPSA) is 90.7 Å². The number of amides is 1. The Morgan fingerprint density at radius 1 is 1.26 bits per heavy atom. The van der Waals surface area contributed by atoms with E-state index in [2.05, 4.69) is 5.32 Å². The second kappa shape index (κ2) is 9.43.